The van der Waals surface area contributed by atoms with Gasteiger partial charge in [-0.05, 0) is 26.0 Å². The van der Waals surface area contributed by atoms with Crippen molar-refractivity contribution < 1.29 is 24.2 Å². The highest BCUT2D eigenvalue weighted by molar-refractivity contribution is 5.97. The number of nitrogens with one attached hydrogen (secondary N) is 1. The summed E-state index contributed by atoms with van der Waals surface area (Å²) in [6.07, 6.45) is 1.57. The van der Waals surface area contributed by atoms with Crippen molar-refractivity contribution in [1.29, 1.82) is 0 Å². The van der Waals surface area contributed by atoms with Crippen LogP contribution in [0.25, 0.3) is 0 Å². The Kier molecular flexibility index (Phi) is 6.44. The maximum absolute atomic E-state index is 12.3. The van der Waals surface area contributed by atoms with Crippen LogP contribution < -0.4 is 14.8 Å². The molecule has 0 radical (unpaired) electrons. The molecule has 1 aromatic carbocycles. The van der Waals surface area contributed by atoms with E-state index in [-0.39, 0.29) is 6.61 Å². The maximum atomic E-state index is 12.3. The third-order valence-corrected chi connectivity index (χ3v) is 3.29. The highest BCUT2D eigenvalue weighted by Crippen LogP contribution is 2.25. The number of ether oxygens (including phenoxy) is 2. The standard InChI is InChI=1S/C16H21NO5/c1-5-8-22-14-9-12(21-4)6-7-13(14)15(18)17-11(3)10(2)16(19)20/h5-7,9-11H,1,8H2,2-4H3,(H,17,18)(H,19,20). The Balaban J connectivity index is 2.96. The number of carbonyl (C=O) groups is 2. The first-order valence-electron chi connectivity index (χ1n) is 6.86. The van der Waals surface area contributed by atoms with Crippen molar-refractivity contribution in [3.63, 3.8) is 0 Å². The van der Waals surface area contributed by atoms with Crippen molar-refractivity contribution in [3.8, 4) is 11.5 Å². The summed E-state index contributed by atoms with van der Waals surface area (Å²) in [5.74, 6) is -1.15. The van der Waals surface area contributed by atoms with E-state index in [4.69, 9.17) is 14.6 Å². The highest BCUT2D eigenvalue weighted by atomic mass is 16.5. The van der Waals surface area contributed by atoms with Gasteiger partial charge in [0.15, 0.2) is 0 Å². The summed E-state index contributed by atoms with van der Waals surface area (Å²) in [5, 5.41) is 11.6. The number of hydrogen-bond acceptors (Lipinski definition) is 4. The lowest BCUT2D eigenvalue weighted by molar-refractivity contribution is -0.141. The van der Waals surface area contributed by atoms with Crippen LogP contribution in [0.5, 0.6) is 11.5 Å². The largest absolute Gasteiger partial charge is 0.497 e. The Labute approximate surface area is 129 Å². The van der Waals surface area contributed by atoms with Crippen molar-refractivity contribution in [2.45, 2.75) is 19.9 Å². The molecule has 22 heavy (non-hydrogen) atoms. The quantitative estimate of drug-likeness (QED) is 0.718. The molecule has 1 rings (SSSR count). The number of benzene rings is 1. The molecule has 0 saturated carbocycles. The molecule has 0 bridgehead atoms. The lowest BCUT2D eigenvalue weighted by atomic mass is 10.0. The number of amides is 1. The molecular weight excluding hydrogens is 286 g/mol. The molecule has 0 saturated heterocycles. The first-order chi connectivity index (χ1) is 10.4. The second-order valence-electron chi connectivity index (χ2n) is 4.85. The van der Waals surface area contributed by atoms with Crippen molar-refractivity contribution in [1.82, 2.24) is 5.32 Å². The SMILES string of the molecule is C=CCOc1cc(OC)ccc1C(=O)NC(C)C(C)C(=O)O. The number of carboxylic acid groups (broad SMARTS) is 1. The molecule has 6 heteroatoms. The molecule has 0 aromatic heterocycles. The normalized spacial score (nSPS) is 12.9. The zero-order chi connectivity index (χ0) is 16.7. The minimum atomic E-state index is -0.967. The van der Waals surface area contributed by atoms with Gasteiger partial charge in [0, 0.05) is 12.1 Å². The van der Waals surface area contributed by atoms with Crippen LogP contribution in [0.15, 0.2) is 30.9 Å². The first kappa shape index (κ1) is 17.6. The second kappa shape index (κ2) is 8.07. The smallest absolute Gasteiger partial charge is 0.308 e. The van der Waals surface area contributed by atoms with Crippen LogP contribution in [0.3, 0.4) is 0 Å². The van der Waals surface area contributed by atoms with Crippen molar-refractivity contribution >= 4 is 11.9 Å². The molecular formula is C16H21NO5. The Morgan fingerprint density at radius 3 is 2.64 bits per heavy atom. The summed E-state index contributed by atoms with van der Waals surface area (Å²) in [6.45, 7) is 6.99. The van der Waals surface area contributed by atoms with E-state index in [0.717, 1.165) is 0 Å². The van der Waals surface area contributed by atoms with E-state index >= 15 is 0 Å². The van der Waals surface area contributed by atoms with E-state index in [0.29, 0.717) is 17.1 Å². The Bertz CT molecular complexity index is 555. The molecule has 1 amide bonds. The lowest BCUT2D eigenvalue weighted by Gasteiger charge is -2.19. The fourth-order valence-corrected chi connectivity index (χ4v) is 1.71. The summed E-state index contributed by atoms with van der Waals surface area (Å²) in [7, 11) is 1.52. The molecule has 6 nitrogen and oxygen atoms in total. The van der Waals surface area contributed by atoms with E-state index in [1.54, 1.807) is 31.2 Å². The van der Waals surface area contributed by atoms with Crippen LogP contribution in [0, 0.1) is 5.92 Å². The van der Waals surface area contributed by atoms with Gasteiger partial charge in [-0.15, -0.1) is 0 Å². The number of hydrogen-bond donors (Lipinski definition) is 2. The molecule has 120 valence electrons. The third kappa shape index (κ3) is 4.51. The van der Waals surface area contributed by atoms with Gasteiger partial charge >= 0.3 is 5.97 Å². The number of rotatable bonds is 8. The fourth-order valence-electron chi connectivity index (χ4n) is 1.71. The third-order valence-electron chi connectivity index (χ3n) is 3.29. The number of carbonyl (C=O) groups excluding carboxylic acids is 1. The van der Waals surface area contributed by atoms with Gasteiger partial charge in [0.25, 0.3) is 5.91 Å². The summed E-state index contributed by atoms with van der Waals surface area (Å²) in [6, 6.07) is 4.30. The zero-order valence-corrected chi connectivity index (χ0v) is 13.0. The van der Waals surface area contributed by atoms with Gasteiger partial charge in [0.1, 0.15) is 18.1 Å². The summed E-state index contributed by atoms with van der Waals surface area (Å²) >= 11 is 0. The molecule has 0 aliphatic carbocycles. The van der Waals surface area contributed by atoms with E-state index in [1.165, 1.54) is 14.0 Å². The lowest BCUT2D eigenvalue weighted by Crippen LogP contribution is -2.40. The van der Waals surface area contributed by atoms with Crippen LogP contribution in [-0.4, -0.2) is 36.7 Å². The first-order valence-corrected chi connectivity index (χ1v) is 6.86. The molecule has 2 atom stereocenters. The molecule has 0 spiro atoms. The van der Waals surface area contributed by atoms with Crippen molar-refractivity contribution in [2.75, 3.05) is 13.7 Å². The van der Waals surface area contributed by atoms with Gasteiger partial charge in [-0.3, -0.25) is 9.59 Å². The minimum absolute atomic E-state index is 0.245. The maximum Gasteiger partial charge on any atom is 0.308 e. The summed E-state index contributed by atoms with van der Waals surface area (Å²) in [5.41, 5.74) is 0.312. The second-order valence-corrected chi connectivity index (χ2v) is 4.85. The van der Waals surface area contributed by atoms with E-state index in [9.17, 15) is 9.59 Å². The van der Waals surface area contributed by atoms with Crippen molar-refractivity contribution in [2.24, 2.45) is 5.92 Å². The van der Waals surface area contributed by atoms with Gasteiger partial charge in [-0.1, -0.05) is 12.7 Å². The molecule has 0 fully saturated rings. The number of carboxylic acids is 1. The van der Waals surface area contributed by atoms with Crippen molar-refractivity contribution in [3.05, 3.63) is 36.4 Å². The zero-order valence-electron chi connectivity index (χ0n) is 13.0. The van der Waals surface area contributed by atoms with Gasteiger partial charge in [-0.2, -0.15) is 0 Å². The van der Waals surface area contributed by atoms with Gasteiger partial charge < -0.3 is 19.9 Å². The van der Waals surface area contributed by atoms with E-state index < -0.39 is 23.8 Å². The fraction of sp³-hybridized carbons (Fsp3) is 0.375. The monoisotopic (exact) mass is 307 g/mol. The van der Waals surface area contributed by atoms with E-state index in [2.05, 4.69) is 11.9 Å². The molecule has 0 aliphatic heterocycles. The predicted molar refractivity (Wildman–Crippen MR) is 82.4 cm³/mol. The molecule has 0 aliphatic rings. The number of aliphatic carboxylic acids is 1. The summed E-state index contributed by atoms with van der Waals surface area (Å²) in [4.78, 5) is 23.3. The molecule has 2 unspecified atom stereocenters. The summed E-state index contributed by atoms with van der Waals surface area (Å²) < 4.78 is 10.6. The van der Waals surface area contributed by atoms with Crippen LogP contribution >= 0.6 is 0 Å². The Hall–Kier alpha value is -2.50. The van der Waals surface area contributed by atoms with Gasteiger partial charge in [0.2, 0.25) is 0 Å². The average Bonchev–Trinajstić information content (AvgIpc) is 2.51. The molecule has 0 heterocycles. The van der Waals surface area contributed by atoms with Crippen LogP contribution in [0.1, 0.15) is 24.2 Å². The van der Waals surface area contributed by atoms with Crippen LogP contribution in [0.4, 0.5) is 0 Å². The highest BCUT2D eigenvalue weighted by Gasteiger charge is 2.23. The van der Waals surface area contributed by atoms with E-state index in [1.807, 2.05) is 0 Å². The topological polar surface area (TPSA) is 84.9 Å². The Morgan fingerprint density at radius 1 is 1.41 bits per heavy atom. The average molecular weight is 307 g/mol. The van der Waals surface area contributed by atoms with Gasteiger partial charge in [0.05, 0.1) is 18.6 Å². The minimum Gasteiger partial charge on any atom is -0.497 e. The van der Waals surface area contributed by atoms with Gasteiger partial charge in [-0.25, -0.2) is 0 Å². The molecule has 2 N–H and O–H groups in total. The predicted octanol–water partition coefficient (Wildman–Crippen LogP) is 2.10. The number of methoxy groups -OCH3 is 1. The Morgan fingerprint density at radius 2 is 2.09 bits per heavy atom. The molecule has 1 aromatic rings. The van der Waals surface area contributed by atoms with Crippen LogP contribution in [0.2, 0.25) is 0 Å². The van der Waals surface area contributed by atoms with Crippen LogP contribution in [-0.2, 0) is 4.79 Å².